The Morgan fingerprint density at radius 2 is 1.54 bits per heavy atom. The number of carbonyl (C=O) groups excluding carboxylic acids is 2. The van der Waals surface area contributed by atoms with Crippen molar-refractivity contribution < 1.29 is 27.1 Å². The summed E-state index contributed by atoms with van der Waals surface area (Å²) >= 11 is 0. The van der Waals surface area contributed by atoms with E-state index in [1.165, 1.54) is 36.5 Å². The van der Waals surface area contributed by atoms with Crippen molar-refractivity contribution in [3.05, 3.63) is 120 Å². The Bertz CT molecular complexity index is 1630. The topological polar surface area (TPSA) is 117 Å². The summed E-state index contributed by atoms with van der Waals surface area (Å²) in [4.78, 5) is 24.6. The predicted molar refractivity (Wildman–Crippen MR) is 155 cm³/mol. The van der Waals surface area contributed by atoms with Crippen molar-refractivity contribution in [2.45, 2.75) is 11.8 Å². The molecule has 0 saturated carbocycles. The number of aryl methyl sites for hydroxylation is 1. The molecule has 41 heavy (non-hydrogen) atoms. The van der Waals surface area contributed by atoms with E-state index in [-0.39, 0.29) is 23.1 Å². The lowest BCUT2D eigenvalue weighted by atomic mass is 10.2. The molecule has 0 aliphatic rings. The molecule has 0 fully saturated rings. The zero-order valence-electron chi connectivity index (χ0n) is 22.0. The molecule has 0 spiro atoms. The fourth-order valence-electron chi connectivity index (χ4n) is 3.65. The van der Waals surface area contributed by atoms with Crippen LogP contribution in [-0.4, -0.2) is 39.6 Å². The molecule has 4 rings (SSSR count). The molecule has 11 heteroatoms. The molecule has 0 heterocycles. The number of amides is 2. The van der Waals surface area contributed by atoms with Crippen LogP contribution in [0.4, 0.5) is 15.8 Å². The van der Waals surface area contributed by atoms with Gasteiger partial charge in [0.2, 0.25) is 0 Å². The molecule has 9 nitrogen and oxygen atoms in total. The number of rotatable bonds is 11. The second-order valence-electron chi connectivity index (χ2n) is 8.84. The minimum atomic E-state index is -4.26. The quantitative estimate of drug-likeness (QED) is 0.202. The number of ether oxygens (including phenoxy) is 1. The Morgan fingerprint density at radius 3 is 2.22 bits per heavy atom. The normalized spacial score (nSPS) is 11.2. The number of halogens is 1. The number of hydrogen-bond donors (Lipinski definition) is 2. The van der Waals surface area contributed by atoms with Gasteiger partial charge in [0.15, 0.2) is 6.61 Å². The standard InChI is InChI=1S/C30H27FN4O5S/c1-22-11-17-26(18-12-22)41(38,39)35(28-10-6-5-9-27(28)31)20-29(36)34-32-19-23-13-15-25(16-14-23)40-21-30(37)33-24-7-3-2-4-8-24/h2-19H,20-21H2,1H3,(H,33,37)(H,34,36)/b32-19-. The van der Waals surface area contributed by atoms with Gasteiger partial charge in [0.25, 0.3) is 21.8 Å². The molecule has 4 aromatic carbocycles. The number of nitrogens with one attached hydrogen (secondary N) is 2. The van der Waals surface area contributed by atoms with Gasteiger partial charge in [-0.3, -0.25) is 13.9 Å². The maximum absolute atomic E-state index is 14.6. The first-order chi connectivity index (χ1) is 19.7. The van der Waals surface area contributed by atoms with Crippen LogP contribution in [0.15, 0.2) is 113 Å². The summed E-state index contributed by atoms with van der Waals surface area (Å²) in [6.07, 6.45) is 1.35. The molecule has 4 aromatic rings. The summed E-state index contributed by atoms with van der Waals surface area (Å²) in [5.74, 6) is -1.42. The molecule has 0 bridgehead atoms. The van der Waals surface area contributed by atoms with E-state index in [1.54, 1.807) is 48.5 Å². The minimum absolute atomic E-state index is 0.0810. The van der Waals surface area contributed by atoms with E-state index in [0.717, 1.165) is 11.6 Å². The molecule has 210 valence electrons. The number of hydrogen-bond acceptors (Lipinski definition) is 6. The summed E-state index contributed by atoms with van der Waals surface area (Å²) in [5.41, 5.74) is 4.13. The maximum atomic E-state index is 14.6. The number of sulfonamides is 1. The number of carbonyl (C=O) groups is 2. The van der Waals surface area contributed by atoms with E-state index in [9.17, 15) is 22.4 Å². The Labute approximate surface area is 237 Å². The van der Waals surface area contributed by atoms with Crippen molar-refractivity contribution in [2.24, 2.45) is 5.10 Å². The van der Waals surface area contributed by atoms with Crippen LogP contribution in [0.5, 0.6) is 5.75 Å². The van der Waals surface area contributed by atoms with Gasteiger partial charge in [0.05, 0.1) is 16.8 Å². The lowest BCUT2D eigenvalue weighted by Crippen LogP contribution is -2.40. The van der Waals surface area contributed by atoms with Crippen molar-refractivity contribution in [3.8, 4) is 5.75 Å². The molecule has 0 atom stereocenters. The fourth-order valence-corrected chi connectivity index (χ4v) is 5.08. The van der Waals surface area contributed by atoms with E-state index < -0.39 is 28.3 Å². The smallest absolute Gasteiger partial charge is 0.264 e. The fraction of sp³-hybridized carbons (Fsp3) is 0.100. The third-order valence-corrected chi connectivity index (χ3v) is 7.50. The summed E-state index contributed by atoms with van der Waals surface area (Å²) in [7, 11) is -4.26. The molecular formula is C30H27FN4O5S. The van der Waals surface area contributed by atoms with Crippen molar-refractivity contribution >= 4 is 39.4 Å². The number of para-hydroxylation sites is 2. The molecule has 0 aromatic heterocycles. The number of anilines is 2. The minimum Gasteiger partial charge on any atom is -0.484 e. The van der Waals surface area contributed by atoms with Crippen LogP contribution in [-0.2, 0) is 19.6 Å². The largest absolute Gasteiger partial charge is 0.484 e. The van der Waals surface area contributed by atoms with Crippen molar-refractivity contribution in [3.63, 3.8) is 0 Å². The van der Waals surface area contributed by atoms with Gasteiger partial charge in [0.1, 0.15) is 18.1 Å². The summed E-state index contributed by atoms with van der Waals surface area (Å²) in [6, 6.07) is 26.9. The Balaban J connectivity index is 1.36. The Hall–Kier alpha value is -5.03. The zero-order chi connectivity index (χ0) is 29.2. The molecular weight excluding hydrogens is 547 g/mol. The molecule has 0 radical (unpaired) electrons. The number of nitrogens with zero attached hydrogens (tertiary/aromatic N) is 2. The first kappa shape index (κ1) is 29.0. The predicted octanol–water partition coefficient (Wildman–Crippen LogP) is 4.50. The summed E-state index contributed by atoms with van der Waals surface area (Å²) < 4.78 is 47.5. The van der Waals surface area contributed by atoms with Crippen molar-refractivity contribution in [1.29, 1.82) is 0 Å². The SMILES string of the molecule is Cc1ccc(S(=O)(=O)N(CC(=O)N/N=C\c2ccc(OCC(=O)Nc3ccccc3)cc2)c2ccccc2F)cc1. The summed E-state index contributed by atoms with van der Waals surface area (Å²) in [6.45, 7) is 0.928. The van der Waals surface area contributed by atoms with E-state index in [0.29, 0.717) is 21.3 Å². The van der Waals surface area contributed by atoms with Crippen LogP contribution in [0.25, 0.3) is 0 Å². The van der Waals surface area contributed by atoms with Gasteiger partial charge in [-0.1, -0.05) is 48.0 Å². The van der Waals surface area contributed by atoms with E-state index in [4.69, 9.17) is 4.74 Å². The maximum Gasteiger partial charge on any atom is 0.264 e. The third kappa shape index (κ3) is 7.99. The second kappa shape index (κ2) is 13.4. The highest BCUT2D eigenvalue weighted by Gasteiger charge is 2.29. The number of hydrazone groups is 1. The van der Waals surface area contributed by atoms with Gasteiger partial charge in [-0.05, 0) is 73.2 Å². The Morgan fingerprint density at radius 1 is 0.878 bits per heavy atom. The van der Waals surface area contributed by atoms with Crippen molar-refractivity contribution in [1.82, 2.24) is 5.43 Å². The third-order valence-electron chi connectivity index (χ3n) is 5.73. The van der Waals surface area contributed by atoms with Gasteiger partial charge in [-0.15, -0.1) is 0 Å². The lowest BCUT2D eigenvalue weighted by molar-refractivity contribution is -0.119. The van der Waals surface area contributed by atoms with Crippen LogP contribution < -0.4 is 19.8 Å². The van der Waals surface area contributed by atoms with E-state index >= 15 is 0 Å². The lowest BCUT2D eigenvalue weighted by Gasteiger charge is -2.24. The highest BCUT2D eigenvalue weighted by atomic mass is 32.2. The van der Waals surface area contributed by atoms with Gasteiger partial charge in [-0.2, -0.15) is 5.10 Å². The molecule has 0 saturated heterocycles. The monoisotopic (exact) mass is 574 g/mol. The van der Waals surface area contributed by atoms with Gasteiger partial charge < -0.3 is 10.1 Å². The Kier molecular flexibility index (Phi) is 9.43. The number of benzene rings is 4. The second-order valence-corrected chi connectivity index (χ2v) is 10.7. The van der Waals surface area contributed by atoms with Crippen LogP contribution in [0.1, 0.15) is 11.1 Å². The molecule has 0 unspecified atom stereocenters. The van der Waals surface area contributed by atoms with E-state index in [2.05, 4.69) is 15.8 Å². The molecule has 0 aliphatic carbocycles. The van der Waals surface area contributed by atoms with Crippen LogP contribution >= 0.6 is 0 Å². The average Bonchev–Trinajstić information content (AvgIpc) is 2.97. The van der Waals surface area contributed by atoms with Crippen LogP contribution in [0, 0.1) is 12.7 Å². The first-order valence-corrected chi connectivity index (χ1v) is 13.9. The van der Waals surface area contributed by atoms with Gasteiger partial charge in [0, 0.05) is 5.69 Å². The van der Waals surface area contributed by atoms with E-state index in [1.807, 2.05) is 25.1 Å². The highest BCUT2D eigenvalue weighted by molar-refractivity contribution is 7.92. The summed E-state index contributed by atoms with van der Waals surface area (Å²) in [5, 5.41) is 6.61. The van der Waals surface area contributed by atoms with Crippen LogP contribution in [0.2, 0.25) is 0 Å². The van der Waals surface area contributed by atoms with Gasteiger partial charge in [-0.25, -0.2) is 18.2 Å². The zero-order valence-corrected chi connectivity index (χ0v) is 22.8. The molecule has 2 amide bonds. The molecule has 2 N–H and O–H groups in total. The van der Waals surface area contributed by atoms with Crippen LogP contribution in [0.3, 0.4) is 0 Å². The molecule has 0 aliphatic heterocycles. The first-order valence-electron chi connectivity index (χ1n) is 12.5. The average molecular weight is 575 g/mol. The highest BCUT2D eigenvalue weighted by Crippen LogP contribution is 2.26. The van der Waals surface area contributed by atoms with Crippen molar-refractivity contribution in [2.75, 3.05) is 22.8 Å². The van der Waals surface area contributed by atoms with Gasteiger partial charge >= 0.3 is 0 Å².